The van der Waals surface area contributed by atoms with Gasteiger partial charge in [-0.2, -0.15) is 0 Å². The third kappa shape index (κ3) is 4.97. The van der Waals surface area contributed by atoms with Crippen LogP contribution >= 0.6 is 0 Å². The molecular formula is C23H25N3O4. The fourth-order valence-corrected chi connectivity index (χ4v) is 3.71. The van der Waals surface area contributed by atoms with Crippen LogP contribution in [0.2, 0.25) is 0 Å². The number of aliphatic carboxylic acids is 1. The lowest BCUT2D eigenvalue weighted by Gasteiger charge is -2.17. The number of nitrogens with one attached hydrogen (secondary N) is 1. The molecule has 7 heteroatoms. The molecule has 30 heavy (non-hydrogen) atoms. The molecule has 3 heterocycles. The van der Waals surface area contributed by atoms with Crippen molar-refractivity contribution < 1.29 is 19.2 Å². The highest BCUT2D eigenvalue weighted by Crippen LogP contribution is 2.31. The van der Waals surface area contributed by atoms with E-state index in [1.54, 1.807) is 6.07 Å². The van der Waals surface area contributed by atoms with Gasteiger partial charge in [-0.1, -0.05) is 30.3 Å². The fourth-order valence-electron chi connectivity index (χ4n) is 3.71. The van der Waals surface area contributed by atoms with Crippen molar-refractivity contribution in [1.29, 1.82) is 0 Å². The van der Waals surface area contributed by atoms with Gasteiger partial charge in [0.15, 0.2) is 0 Å². The van der Waals surface area contributed by atoms with E-state index in [-0.39, 0.29) is 12.3 Å². The standard InChI is InChI=1S/C23H25N3O4/c27-23(28)11-9-18(16-5-2-1-3-6-16)21-15-22(26-30-21)29-14-12-17-8-10-19-20(25-17)7-4-13-24-19/h1-3,5-6,8,10,15,18,24H,4,7,9,11-14H2,(H,27,28). The van der Waals surface area contributed by atoms with Gasteiger partial charge in [-0.15, -0.1) is 0 Å². The zero-order valence-electron chi connectivity index (χ0n) is 16.7. The molecule has 0 radical (unpaired) electrons. The van der Waals surface area contributed by atoms with E-state index >= 15 is 0 Å². The number of hydrogen-bond donors (Lipinski definition) is 2. The average Bonchev–Trinajstić information content (AvgIpc) is 3.23. The van der Waals surface area contributed by atoms with Crippen LogP contribution in [-0.4, -0.2) is 34.4 Å². The lowest BCUT2D eigenvalue weighted by atomic mass is 9.92. The van der Waals surface area contributed by atoms with Crippen LogP contribution < -0.4 is 10.1 Å². The highest BCUT2D eigenvalue weighted by atomic mass is 16.5. The van der Waals surface area contributed by atoms with Crippen LogP contribution in [0, 0.1) is 0 Å². The summed E-state index contributed by atoms with van der Waals surface area (Å²) in [6.45, 7) is 1.44. The van der Waals surface area contributed by atoms with Gasteiger partial charge in [0.1, 0.15) is 5.76 Å². The van der Waals surface area contributed by atoms with E-state index < -0.39 is 5.97 Å². The van der Waals surface area contributed by atoms with Gasteiger partial charge in [0, 0.05) is 37.1 Å². The number of carboxylic acid groups (broad SMARTS) is 1. The number of nitrogens with zero attached hydrogens (tertiary/aromatic N) is 2. The first-order chi connectivity index (χ1) is 14.7. The topological polar surface area (TPSA) is 97.5 Å². The minimum Gasteiger partial charge on any atom is -0.481 e. The van der Waals surface area contributed by atoms with Crippen molar-refractivity contribution in [3.8, 4) is 5.88 Å². The van der Waals surface area contributed by atoms with E-state index in [1.807, 2.05) is 36.4 Å². The Kier molecular flexibility index (Phi) is 6.27. The van der Waals surface area contributed by atoms with Gasteiger partial charge in [-0.05, 0) is 42.1 Å². The van der Waals surface area contributed by atoms with Gasteiger partial charge in [0.2, 0.25) is 0 Å². The highest BCUT2D eigenvalue weighted by Gasteiger charge is 2.21. The van der Waals surface area contributed by atoms with Crippen LogP contribution in [0.25, 0.3) is 0 Å². The number of aryl methyl sites for hydroxylation is 1. The Morgan fingerprint density at radius 3 is 2.93 bits per heavy atom. The Morgan fingerprint density at radius 2 is 2.10 bits per heavy atom. The number of carboxylic acids is 1. The molecule has 1 atom stereocenters. The van der Waals surface area contributed by atoms with Crippen molar-refractivity contribution in [2.75, 3.05) is 18.5 Å². The average molecular weight is 407 g/mol. The summed E-state index contributed by atoms with van der Waals surface area (Å²) in [4.78, 5) is 15.8. The number of carbonyl (C=O) groups is 1. The molecule has 7 nitrogen and oxygen atoms in total. The molecule has 4 rings (SSSR count). The summed E-state index contributed by atoms with van der Waals surface area (Å²) < 4.78 is 11.3. The molecule has 2 aromatic heterocycles. The van der Waals surface area contributed by atoms with Crippen LogP contribution in [0.5, 0.6) is 5.88 Å². The summed E-state index contributed by atoms with van der Waals surface area (Å²) in [5.74, 6) is -0.00190. The van der Waals surface area contributed by atoms with Crippen molar-refractivity contribution in [2.45, 2.75) is 38.0 Å². The minimum atomic E-state index is -0.834. The second-order valence-electron chi connectivity index (χ2n) is 7.39. The Bertz CT molecular complexity index is 987. The molecule has 3 aromatic rings. The molecule has 1 aliphatic rings. The number of anilines is 1. The molecule has 0 spiro atoms. The van der Waals surface area contributed by atoms with Crippen molar-refractivity contribution in [3.63, 3.8) is 0 Å². The molecule has 0 saturated heterocycles. The molecule has 0 amide bonds. The maximum absolute atomic E-state index is 11.1. The second kappa shape index (κ2) is 9.43. The quantitative estimate of drug-likeness (QED) is 0.552. The van der Waals surface area contributed by atoms with Gasteiger partial charge in [-0.25, -0.2) is 0 Å². The van der Waals surface area contributed by atoms with E-state index in [2.05, 4.69) is 16.5 Å². The monoisotopic (exact) mass is 407 g/mol. The molecule has 0 aliphatic carbocycles. The van der Waals surface area contributed by atoms with Crippen molar-refractivity contribution >= 4 is 11.7 Å². The van der Waals surface area contributed by atoms with E-state index in [0.29, 0.717) is 31.1 Å². The van der Waals surface area contributed by atoms with Gasteiger partial charge in [-0.3, -0.25) is 9.78 Å². The van der Waals surface area contributed by atoms with E-state index in [0.717, 1.165) is 42.0 Å². The van der Waals surface area contributed by atoms with Crippen LogP contribution in [0.1, 0.15) is 47.9 Å². The molecule has 156 valence electrons. The van der Waals surface area contributed by atoms with Gasteiger partial charge in [0.05, 0.1) is 18.0 Å². The maximum atomic E-state index is 11.1. The summed E-state index contributed by atoms with van der Waals surface area (Å²) in [6.07, 6.45) is 3.26. The summed E-state index contributed by atoms with van der Waals surface area (Å²) in [5, 5.41) is 16.5. The second-order valence-corrected chi connectivity index (χ2v) is 7.39. The zero-order valence-corrected chi connectivity index (χ0v) is 16.7. The number of ether oxygens (including phenoxy) is 1. The molecule has 0 saturated carbocycles. The fraction of sp³-hybridized carbons (Fsp3) is 0.348. The summed E-state index contributed by atoms with van der Waals surface area (Å²) in [6, 6.07) is 15.6. The van der Waals surface area contributed by atoms with Gasteiger partial charge < -0.3 is 19.7 Å². The van der Waals surface area contributed by atoms with Crippen LogP contribution in [0.4, 0.5) is 5.69 Å². The van der Waals surface area contributed by atoms with E-state index in [1.165, 1.54) is 0 Å². The SMILES string of the molecule is O=C(O)CCC(c1ccccc1)c1cc(OCCc2ccc3c(n2)CCCN3)no1. The number of hydrogen-bond acceptors (Lipinski definition) is 6. The van der Waals surface area contributed by atoms with Crippen molar-refractivity contribution in [3.05, 3.63) is 71.2 Å². The van der Waals surface area contributed by atoms with Crippen LogP contribution in [0.3, 0.4) is 0 Å². The number of pyridine rings is 1. The zero-order chi connectivity index (χ0) is 20.8. The van der Waals surface area contributed by atoms with E-state index in [9.17, 15) is 4.79 Å². The Morgan fingerprint density at radius 1 is 1.23 bits per heavy atom. The summed E-state index contributed by atoms with van der Waals surface area (Å²) in [7, 11) is 0. The Balaban J connectivity index is 1.38. The van der Waals surface area contributed by atoms with Crippen molar-refractivity contribution in [2.24, 2.45) is 0 Å². The number of rotatable bonds is 9. The molecule has 2 N–H and O–H groups in total. The molecule has 1 aromatic carbocycles. The molecular weight excluding hydrogens is 382 g/mol. The van der Waals surface area contributed by atoms with Gasteiger partial charge >= 0.3 is 5.97 Å². The normalized spacial score (nSPS) is 13.9. The number of fused-ring (bicyclic) bond motifs is 1. The molecule has 0 fully saturated rings. The molecule has 1 aliphatic heterocycles. The van der Waals surface area contributed by atoms with Crippen LogP contribution in [0.15, 0.2) is 53.1 Å². The Labute approximate surface area is 175 Å². The molecule has 1 unspecified atom stereocenters. The lowest BCUT2D eigenvalue weighted by molar-refractivity contribution is -0.137. The van der Waals surface area contributed by atoms with E-state index in [4.69, 9.17) is 19.4 Å². The maximum Gasteiger partial charge on any atom is 0.303 e. The van der Waals surface area contributed by atoms with Crippen LogP contribution in [-0.2, 0) is 17.6 Å². The number of benzene rings is 1. The minimum absolute atomic E-state index is 0.0509. The first-order valence-corrected chi connectivity index (χ1v) is 10.3. The third-order valence-electron chi connectivity index (χ3n) is 5.24. The predicted octanol–water partition coefficient (Wildman–Crippen LogP) is 4.05. The first-order valence-electron chi connectivity index (χ1n) is 10.3. The first kappa shape index (κ1) is 19.9. The Hall–Kier alpha value is -3.35. The molecule has 0 bridgehead atoms. The smallest absolute Gasteiger partial charge is 0.303 e. The predicted molar refractivity (Wildman–Crippen MR) is 112 cm³/mol. The van der Waals surface area contributed by atoms with Crippen molar-refractivity contribution in [1.82, 2.24) is 10.1 Å². The summed E-state index contributed by atoms with van der Waals surface area (Å²) >= 11 is 0. The van der Waals surface area contributed by atoms with Gasteiger partial charge in [0.25, 0.3) is 5.88 Å². The summed E-state index contributed by atoms with van der Waals surface area (Å²) in [5.41, 5.74) is 4.23. The highest BCUT2D eigenvalue weighted by molar-refractivity contribution is 5.66. The number of aromatic nitrogens is 2. The third-order valence-corrected chi connectivity index (χ3v) is 5.24. The largest absolute Gasteiger partial charge is 0.481 e. The lowest BCUT2D eigenvalue weighted by Crippen LogP contribution is -2.14.